The molecular weight excluding hydrogens is 399 g/mol. The van der Waals surface area contributed by atoms with E-state index in [9.17, 15) is 23.9 Å². The highest BCUT2D eigenvalue weighted by atomic mass is 19.1. The summed E-state index contributed by atoms with van der Waals surface area (Å²) in [5.74, 6) is -2.57. The third-order valence-corrected chi connectivity index (χ3v) is 6.46. The number of rotatable bonds is 5. The van der Waals surface area contributed by atoms with Gasteiger partial charge in [0.15, 0.2) is 0 Å². The minimum Gasteiger partial charge on any atom is -0.480 e. The van der Waals surface area contributed by atoms with Crippen LogP contribution in [-0.2, 0) is 15.0 Å². The number of carboxylic acid groups (broad SMARTS) is 1. The number of carbonyl (C=O) groups is 3. The lowest BCUT2D eigenvalue weighted by Crippen LogP contribution is -2.45. The monoisotopic (exact) mass is 424 g/mol. The van der Waals surface area contributed by atoms with Crippen molar-refractivity contribution in [2.24, 2.45) is 5.92 Å². The molecule has 2 N–H and O–H groups in total. The zero-order valence-electron chi connectivity index (χ0n) is 17.5. The SMILES string of the molecule is CC1(C)c2ccccc2-c2ccc(C(=O)NCC(=O)N3C[C@@H](CF)CC3C(=O)O)cc21. The summed E-state index contributed by atoms with van der Waals surface area (Å²) in [6, 6.07) is 12.6. The number of carbonyl (C=O) groups excluding carboxylic acids is 2. The number of aliphatic carboxylic acids is 1. The van der Waals surface area contributed by atoms with E-state index in [1.165, 1.54) is 5.56 Å². The number of alkyl halides is 1. The predicted octanol–water partition coefficient (Wildman–Crippen LogP) is 2.99. The van der Waals surface area contributed by atoms with Gasteiger partial charge in [0.05, 0.1) is 13.2 Å². The maximum absolute atomic E-state index is 13.0. The Morgan fingerprint density at radius 3 is 2.55 bits per heavy atom. The molecule has 2 aromatic carbocycles. The summed E-state index contributed by atoms with van der Waals surface area (Å²) in [5, 5.41) is 11.9. The first-order valence-corrected chi connectivity index (χ1v) is 10.3. The van der Waals surface area contributed by atoms with Gasteiger partial charge in [0.25, 0.3) is 5.91 Å². The lowest BCUT2D eigenvalue weighted by atomic mass is 9.82. The molecular formula is C24H25FN2O4. The molecule has 0 saturated carbocycles. The molecule has 2 amide bonds. The summed E-state index contributed by atoms with van der Waals surface area (Å²) in [6.07, 6.45) is 0.0893. The van der Waals surface area contributed by atoms with Gasteiger partial charge in [-0.1, -0.05) is 44.2 Å². The quantitative estimate of drug-likeness (QED) is 0.773. The van der Waals surface area contributed by atoms with Gasteiger partial charge in [0.2, 0.25) is 5.91 Å². The number of hydrogen-bond donors (Lipinski definition) is 2. The first-order valence-electron chi connectivity index (χ1n) is 10.3. The summed E-state index contributed by atoms with van der Waals surface area (Å²) in [7, 11) is 0. The van der Waals surface area contributed by atoms with Crippen LogP contribution in [0.1, 0.15) is 41.8 Å². The molecule has 1 saturated heterocycles. The highest BCUT2D eigenvalue weighted by Gasteiger charge is 2.39. The Labute approximate surface area is 180 Å². The van der Waals surface area contributed by atoms with Gasteiger partial charge in [-0.15, -0.1) is 0 Å². The Morgan fingerprint density at radius 1 is 1.13 bits per heavy atom. The Balaban J connectivity index is 1.48. The summed E-state index contributed by atoms with van der Waals surface area (Å²) < 4.78 is 13.0. The summed E-state index contributed by atoms with van der Waals surface area (Å²) in [6.45, 7) is 3.27. The van der Waals surface area contributed by atoms with E-state index < -0.39 is 36.4 Å². The Kier molecular flexibility index (Phi) is 5.29. The summed E-state index contributed by atoms with van der Waals surface area (Å²) in [5.41, 5.74) is 4.68. The minimum absolute atomic E-state index is 0.0491. The van der Waals surface area contributed by atoms with Crippen LogP contribution in [-0.4, -0.2) is 53.6 Å². The lowest BCUT2D eigenvalue weighted by molar-refractivity contribution is -0.147. The van der Waals surface area contributed by atoms with Crippen molar-refractivity contribution < 1.29 is 23.9 Å². The molecule has 31 heavy (non-hydrogen) atoms. The van der Waals surface area contributed by atoms with Crippen LogP contribution in [0.15, 0.2) is 42.5 Å². The molecule has 4 rings (SSSR count). The zero-order chi connectivity index (χ0) is 22.3. The zero-order valence-corrected chi connectivity index (χ0v) is 17.5. The molecule has 6 nitrogen and oxygen atoms in total. The molecule has 1 heterocycles. The first kappa shape index (κ1) is 21.0. The fourth-order valence-corrected chi connectivity index (χ4v) is 4.75. The fraction of sp³-hybridized carbons (Fsp3) is 0.375. The molecule has 2 atom stereocenters. The maximum Gasteiger partial charge on any atom is 0.326 e. The van der Waals surface area contributed by atoms with Crippen LogP contribution in [0.2, 0.25) is 0 Å². The van der Waals surface area contributed by atoms with Crippen molar-refractivity contribution >= 4 is 17.8 Å². The van der Waals surface area contributed by atoms with Crippen LogP contribution in [0.4, 0.5) is 4.39 Å². The number of nitrogens with zero attached hydrogens (tertiary/aromatic N) is 1. The number of amides is 2. The predicted molar refractivity (Wildman–Crippen MR) is 114 cm³/mol. The molecule has 1 aliphatic heterocycles. The average molecular weight is 424 g/mol. The van der Waals surface area contributed by atoms with Crippen molar-refractivity contribution in [2.75, 3.05) is 19.8 Å². The number of hydrogen-bond acceptors (Lipinski definition) is 3. The highest BCUT2D eigenvalue weighted by molar-refractivity contribution is 5.98. The minimum atomic E-state index is -1.16. The van der Waals surface area contributed by atoms with Crippen molar-refractivity contribution in [3.8, 4) is 11.1 Å². The van der Waals surface area contributed by atoms with Gasteiger partial charge < -0.3 is 15.3 Å². The van der Waals surface area contributed by atoms with E-state index in [2.05, 4.69) is 31.3 Å². The Hall–Kier alpha value is -3.22. The van der Waals surface area contributed by atoms with Gasteiger partial charge in [0.1, 0.15) is 6.04 Å². The van der Waals surface area contributed by atoms with Crippen LogP contribution in [0, 0.1) is 5.92 Å². The van der Waals surface area contributed by atoms with Crippen molar-refractivity contribution in [3.63, 3.8) is 0 Å². The molecule has 2 aromatic rings. The number of carboxylic acids is 1. The molecule has 2 aliphatic rings. The van der Waals surface area contributed by atoms with E-state index in [-0.39, 0.29) is 24.9 Å². The van der Waals surface area contributed by atoms with Gasteiger partial charge in [-0.05, 0) is 40.8 Å². The average Bonchev–Trinajstić information content (AvgIpc) is 3.30. The van der Waals surface area contributed by atoms with E-state index >= 15 is 0 Å². The number of fused-ring (bicyclic) bond motifs is 3. The first-order chi connectivity index (χ1) is 14.7. The maximum atomic E-state index is 13.0. The highest BCUT2D eigenvalue weighted by Crippen LogP contribution is 2.48. The van der Waals surface area contributed by atoms with E-state index in [0.29, 0.717) is 5.56 Å². The molecule has 162 valence electrons. The summed E-state index contributed by atoms with van der Waals surface area (Å²) >= 11 is 0. The molecule has 0 bridgehead atoms. The molecule has 7 heteroatoms. The normalized spacial score (nSPS) is 20.8. The summed E-state index contributed by atoms with van der Waals surface area (Å²) in [4.78, 5) is 37.8. The standard InChI is InChI=1S/C24H25FN2O4/c1-24(2)18-6-4-3-5-16(18)17-8-7-15(10-19(17)24)22(29)26-12-21(28)27-13-14(11-25)9-20(27)23(30)31/h3-8,10,14,20H,9,11-13H2,1-2H3,(H,26,29)(H,30,31)/t14-,20?/m1/s1. The van der Waals surface area contributed by atoms with Gasteiger partial charge in [-0.3, -0.25) is 14.0 Å². The number of benzene rings is 2. The number of likely N-dealkylation sites (tertiary alicyclic amines) is 1. The molecule has 1 fully saturated rings. The van der Waals surface area contributed by atoms with Crippen LogP contribution in [0.5, 0.6) is 0 Å². The molecule has 1 aliphatic carbocycles. The van der Waals surface area contributed by atoms with Crippen LogP contribution in [0.25, 0.3) is 11.1 Å². The molecule has 1 unspecified atom stereocenters. The van der Waals surface area contributed by atoms with E-state index in [0.717, 1.165) is 21.6 Å². The van der Waals surface area contributed by atoms with Crippen LogP contribution in [0.3, 0.4) is 0 Å². The second kappa shape index (κ2) is 7.80. The van der Waals surface area contributed by atoms with Gasteiger partial charge >= 0.3 is 5.97 Å². The van der Waals surface area contributed by atoms with Crippen LogP contribution < -0.4 is 5.32 Å². The van der Waals surface area contributed by atoms with Crippen molar-refractivity contribution in [2.45, 2.75) is 31.7 Å². The van der Waals surface area contributed by atoms with Crippen LogP contribution >= 0.6 is 0 Å². The number of nitrogens with one attached hydrogen (secondary N) is 1. The van der Waals surface area contributed by atoms with Gasteiger partial charge in [-0.25, -0.2) is 4.79 Å². The molecule has 0 radical (unpaired) electrons. The van der Waals surface area contributed by atoms with E-state index in [1.807, 2.05) is 24.3 Å². The van der Waals surface area contributed by atoms with E-state index in [1.54, 1.807) is 6.07 Å². The van der Waals surface area contributed by atoms with Gasteiger partial charge in [-0.2, -0.15) is 0 Å². The Morgan fingerprint density at radius 2 is 1.84 bits per heavy atom. The topological polar surface area (TPSA) is 86.7 Å². The van der Waals surface area contributed by atoms with Crippen molar-refractivity contribution in [1.29, 1.82) is 0 Å². The third kappa shape index (κ3) is 3.58. The molecule has 0 aromatic heterocycles. The van der Waals surface area contributed by atoms with Crippen molar-refractivity contribution in [1.82, 2.24) is 10.2 Å². The smallest absolute Gasteiger partial charge is 0.326 e. The largest absolute Gasteiger partial charge is 0.480 e. The Bertz CT molecular complexity index is 1070. The second-order valence-electron chi connectivity index (χ2n) is 8.77. The second-order valence-corrected chi connectivity index (χ2v) is 8.77. The lowest BCUT2D eigenvalue weighted by Gasteiger charge is -2.22. The van der Waals surface area contributed by atoms with E-state index in [4.69, 9.17) is 0 Å². The fourth-order valence-electron chi connectivity index (χ4n) is 4.75. The third-order valence-electron chi connectivity index (χ3n) is 6.46. The van der Waals surface area contributed by atoms with Crippen molar-refractivity contribution in [3.05, 3.63) is 59.2 Å². The number of halogens is 1. The van der Waals surface area contributed by atoms with Gasteiger partial charge in [0, 0.05) is 23.4 Å². The molecule has 0 spiro atoms.